The van der Waals surface area contributed by atoms with Crippen molar-refractivity contribution >= 4 is 21.4 Å². The van der Waals surface area contributed by atoms with Crippen LogP contribution in [0.25, 0.3) is 0 Å². The van der Waals surface area contributed by atoms with E-state index >= 15 is 0 Å². The van der Waals surface area contributed by atoms with Crippen LogP contribution in [0.4, 0.5) is 24.5 Å². The molecule has 0 radical (unpaired) electrons. The van der Waals surface area contributed by atoms with Gasteiger partial charge in [0, 0.05) is 11.4 Å². The fourth-order valence-corrected chi connectivity index (χ4v) is 6.61. The number of alkyl halides is 3. The van der Waals surface area contributed by atoms with Gasteiger partial charge in [-0.1, -0.05) is 36.4 Å². The summed E-state index contributed by atoms with van der Waals surface area (Å²) >= 11 is 0. The SMILES string of the molecule is O=S(=O)(N[C@H]1CCCC(N2c3ccccc3CCc3ccccc32)[C@@H]1O)c1ccc(OC(F)(F)F)cc1. The normalized spacial score (nSPS) is 22.1. The van der Waals surface area contributed by atoms with Gasteiger partial charge >= 0.3 is 6.36 Å². The molecule has 2 aliphatic rings. The first kappa shape index (κ1) is 25.6. The first-order chi connectivity index (χ1) is 17.6. The largest absolute Gasteiger partial charge is 0.573 e. The minimum Gasteiger partial charge on any atom is -0.406 e. The lowest BCUT2D eigenvalue weighted by Crippen LogP contribution is -2.55. The topological polar surface area (TPSA) is 78.9 Å². The third-order valence-electron chi connectivity index (χ3n) is 6.99. The quantitative estimate of drug-likeness (QED) is 0.479. The second-order valence-electron chi connectivity index (χ2n) is 9.36. The van der Waals surface area contributed by atoms with Gasteiger partial charge in [0.1, 0.15) is 5.75 Å². The number of nitrogens with zero attached hydrogens (tertiary/aromatic N) is 1. The highest BCUT2D eigenvalue weighted by Gasteiger charge is 2.40. The Hall–Kier alpha value is -3.08. The summed E-state index contributed by atoms with van der Waals surface area (Å²) in [6.07, 6.45) is -2.38. The summed E-state index contributed by atoms with van der Waals surface area (Å²) in [6.45, 7) is 0. The maximum atomic E-state index is 13.1. The molecule has 3 aromatic carbocycles. The molecule has 2 N–H and O–H groups in total. The Morgan fingerprint density at radius 1 is 0.865 bits per heavy atom. The van der Waals surface area contributed by atoms with E-state index in [2.05, 4.69) is 26.5 Å². The maximum Gasteiger partial charge on any atom is 0.573 e. The van der Waals surface area contributed by atoms with Crippen LogP contribution in [0.1, 0.15) is 30.4 Å². The van der Waals surface area contributed by atoms with Gasteiger partial charge in [-0.3, -0.25) is 0 Å². The maximum absolute atomic E-state index is 13.1. The molecule has 6 nitrogen and oxygen atoms in total. The predicted molar refractivity (Wildman–Crippen MR) is 133 cm³/mol. The van der Waals surface area contributed by atoms with Crippen molar-refractivity contribution in [1.29, 1.82) is 0 Å². The number of aliphatic hydroxyl groups excluding tert-OH is 1. The van der Waals surface area contributed by atoms with Crippen LogP contribution in [0.15, 0.2) is 77.7 Å². The molecule has 3 atom stereocenters. The Morgan fingerprint density at radius 2 is 1.43 bits per heavy atom. The summed E-state index contributed by atoms with van der Waals surface area (Å²) in [4.78, 5) is 1.94. The van der Waals surface area contributed by atoms with Crippen LogP contribution in [0.2, 0.25) is 0 Å². The van der Waals surface area contributed by atoms with E-state index in [1.807, 2.05) is 36.4 Å². The minimum atomic E-state index is -4.87. The van der Waals surface area contributed by atoms with Crippen molar-refractivity contribution < 1.29 is 31.4 Å². The summed E-state index contributed by atoms with van der Waals surface area (Å²) in [6, 6.07) is 19.0. The number of hydrogen-bond acceptors (Lipinski definition) is 5. The smallest absolute Gasteiger partial charge is 0.406 e. The van der Waals surface area contributed by atoms with Crippen molar-refractivity contribution in [2.24, 2.45) is 0 Å². The van der Waals surface area contributed by atoms with Crippen LogP contribution < -0.4 is 14.4 Å². The van der Waals surface area contributed by atoms with Gasteiger partial charge in [-0.05, 0) is 79.6 Å². The van der Waals surface area contributed by atoms with E-state index in [1.54, 1.807) is 0 Å². The van der Waals surface area contributed by atoms with Crippen molar-refractivity contribution in [1.82, 2.24) is 4.72 Å². The second kappa shape index (κ2) is 10.00. The number of anilines is 2. The number of para-hydroxylation sites is 2. The van der Waals surface area contributed by atoms with Crippen LogP contribution >= 0.6 is 0 Å². The van der Waals surface area contributed by atoms with Gasteiger partial charge < -0.3 is 14.7 Å². The Balaban J connectivity index is 1.41. The fourth-order valence-electron chi connectivity index (χ4n) is 5.33. The molecular weight excluding hydrogens is 505 g/mol. The van der Waals surface area contributed by atoms with Gasteiger partial charge in [0.05, 0.1) is 23.1 Å². The lowest BCUT2D eigenvalue weighted by molar-refractivity contribution is -0.274. The second-order valence-corrected chi connectivity index (χ2v) is 11.1. The zero-order valence-corrected chi connectivity index (χ0v) is 20.7. The third kappa shape index (κ3) is 5.46. The molecule has 0 saturated heterocycles. The molecule has 0 amide bonds. The Kier molecular flexibility index (Phi) is 6.91. The van der Waals surface area contributed by atoms with Gasteiger partial charge in [0.25, 0.3) is 0 Å². The highest BCUT2D eigenvalue weighted by Crippen LogP contribution is 2.41. The van der Waals surface area contributed by atoms with Crippen LogP contribution in [0.3, 0.4) is 0 Å². The van der Waals surface area contributed by atoms with E-state index in [-0.39, 0.29) is 10.9 Å². The average molecular weight is 533 g/mol. The summed E-state index contributed by atoms with van der Waals surface area (Å²) in [7, 11) is -4.10. The Bertz CT molecular complexity index is 1320. The fraction of sp³-hybridized carbons (Fsp3) is 0.333. The molecule has 37 heavy (non-hydrogen) atoms. The minimum absolute atomic E-state index is 0.207. The zero-order chi connectivity index (χ0) is 26.2. The lowest BCUT2D eigenvalue weighted by Gasteiger charge is -2.43. The summed E-state index contributed by atoms with van der Waals surface area (Å²) in [5, 5.41) is 11.5. The van der Waals surface area contributed by atoms with E-state index in [0.29, 0.717) is 19.3 Å². The predicted octanol–water partition coefficient (Wildman–Crippen LogP) is 5.08. The molecule has 0 aromatic heterocycles. The Labute approximate surface area is 213 Å². The molecule has 0 bridgehead atoms. The van der Waals surface area contributed by atoms with Gasteiger partial charge in [-0.15, -0.1) is 13.2 Å². The molecule has 1 aliphatic heterocycles. The highest BCUT2D eigenvalue weighted by molar-refractivity contribution is 7.89. The number of hydrogen-bond donors (Lipinski definition) is 2. The van der Waals surface area contributed by atoms with Crippen molar-refractivity contribution in [3.05, 3.63) is 83.9 Å². The van der Waals surface area contributed by atoms with Gasteiger partial charge in [-0.2, -0.15) is 0 Å². The van der Waals surface area contributed by atoms with Gasteiger partial charge in [0.15, 0.2) is 0 Å². The number of sulfonamides is 1. The van der Waals surface area contributed by atoms with E-state index in [1.165, 1.54) is 0 Å². The van der Waals surface area contributed by atoms with E-state index in [4.69, 9.17) is 0 Å². The highest BCUT2D eigenvalue weighted by atomic mass is 32.2. The van der Waals surface area contributed by atoms with Crippen molar-refractivity contribution in [3.8, 4) is 5.75 Å². The van der Waals surface area contributed by atoms with Crippen LogP contribution in [-0.4, -0.2) is 38.1 Å². The van der Waals surface area contributed by atoms with Crippen molar-refractivity contribution in [2.45, 2.75) is 61.5 Å². The number of rotatable bonds is 5. The number of aryl methyl sites for hydroxylation is 2. The van der Waals surface area contributed by atoms with Crippen LogP contribution in [0.5, 0.6) is 5.75 Å². The molecule has 196 valence electrons. The number of aliphatic hydroxyl groups is 1. The summed E-state index contributed by atoms with van der Waals surface area (Å²) in [5.41, 5.74) is 4.32. The zero-order valence-electron chi connectivity index (χ0n) is 19.9. The standard InChI is InChI=1S/C27H27F3N2O4S/c28-27(29,30)36-20-14-16-21(17-15-20)37(34,35)31-22-8-5-11-25(26(22)33)32-23-9-3-1-6-18(23)12-13-19-7-2-4-10-24(19)32/h1-4,6-7,9-10,14-17,22,25-26,31,33H,5,8,11-13H2/t22-,25?,26+/m0/s1. The molecule has 5 rings (SSSR count). The summed E-state index contributed by atoms with van der Waals surface area (Å²) in [5.74, 6) is -0.511. The van der Waals surface area contributed by atoms with Gasteiger partial charge in [0.2, 0.25) is 10.0 Å². The Morgan fingerprint density at radius 3 is 2.00 bits per heavy atom. The number of benzene rings is 3. The average Bonchev–Trinajstić information content (AvgIpc) is 3.02. The van der Waals surface area contributed by atoms with E-state index < -0.39 is 34.3 Å². The monoisotopic (exact) mass is 532 g/mol. The molecule has 3 aromatic rings. The van der Waals surface area contributed by atoms with Crippen molar-refractivity contribution in [2.75, 3.05) is 4.90 Å². The molecule has 0 spiro atoms. The molecule has 1 fully saturated rings. The first-order valence-corrected chi connectivity index (χ1v) is 13.6. The van der Waals surface area contributed by atoms with Gasteiger partial charge in [-0.25, -0.2) is 13.1 Å². The molecular formula is C27H27F3N2O4S. The van der Waals surface area contributed by atoms with E-state index in [0.717, 1.165) is 59.6 Å². The molecule has 10 heteroatoms. The summed E-state index contributed by atoms with van der Waals surface area (Å²) < 4.78 is 69.9. The van der Waals surface area contributed by atoms with Crippen LogP contribution in [-0.2, 0) is 22.9 Å². The number of nitrogens with one attached hydrogen (secondary N) is 1. The number of fused-ring (bicyclic) bond motifs is 2. The molecule has 1 heterocycles. The first-order valence-electron chi connectivity index (χ1n) is 12.1. The van der Waals surface area contributed by atoms with Crippen LogP contribution in [0, 0.1) is 0 Å². The molecule has 1 aliphatic carbocycles. The molecule has 1 saturated carbocycles. The number of halogens is 3. The number of ether oxygens (including phenoxy) is 1. The third-order valence-corrected chi connectivity index (χ3v) is 8.50. The molecule has 1 unspecified atom stereocenters. The lowest BCUT2D eigenvalue weighted by atomic mass is 9.86. The van der Waals surface area contributed by atoms with E-state index in [9.17, 15) is 26.7 Å². The van der Waals surface area contributed by atoms with Crippen molar-refractivity contribution in [3.63, 3.8) is 0 Å².